The zero-order valence-electron chi connectivity index (χ0n) is 11.5. The number of thiazole rings is 1. The monoisotopic (exact) mass is 353 g/mol. The minimum Gasteiger partial charge on any atom is -0.375 e. The summed E-state index contributed by atoms with van der Waals surface area (Å²) < 4.78 is 28.0. The van der Waals surface area contributed by atoms with Gasteiger partial charge in [0, 0.05) is 0 Å². The van der Waals surface area contributed by atoms with Gasteiger partial charge in [0.25, 0.3) is 10.0 Å². The number of rotatable bonds is 3. The van der Waals surface area contributed by atoms with Crippen LogP contribution in [0.25, 0.3) is 10.2 Å². The molecule has 2 aromatic carbocycles. The van der Waals surface area contributed by atoms with Crippen LogP contribution in [-0.4, -0.2) is 13.4 Å². The highest BCUT2D eigenvalue weighted by atomic mass is 35.5. The number of hydrogen-bond donors (Lipinski definition) is 2. The lowest BCUT2D eigenvalue weighted by atomic mass is 10.2. The molecule has 0 fully saturated rings. The van der Waals surface area contributed by atoms with E-state index < -0.39 is 10.0 Å². The molecule has 114 valence electrons. The highest BCUT2D eigenvalue weighted by Crippen LogP contribution is 2.33. The summed E-state index contributed by atoms with van der Waals surface area (Å²) in [6, 6.07) is 9.80. The van der Waals surface area contributed by atoms with E-state index >= 15 is 0 Å². The molecular weight excluding hydrogens is 342 g/mol. The molecule has 0 atom stereocenters. The molecule has 8 heteroatoms. The average Bonchev–Trinajstić information content (AvgIpc) is 2.80. The van der Waals surface area contributed by atoms with Gasteiger partial charge < -0.3 is 5.73 Å². The molecule has 1 heterocycles. The van der Waals surface area contributed by atoms with Gasteiger partial charge >= 0.3 is 0 Å². The second kappa shape index (κ2) is 5.42. The van der Waals surface area contributed by atoms with Crippen molar-refractivity contribution in [3.8, 4) is 0 Å². The second-order valence-electron chi connectivity index (χ2n) is 4.78. The van der Waals surface area contributed by atoms with Gasteiger partial charge in [0.1, 0.15) is 5.52 Å². The fourth-order valence-electron chi connectivity index (χ4n) is 2.00. The summed E-state index contributed by atoms with van der Waals surface area (Å²) in [4.78, 5) is 4.30. The Bertz CT molecular complexity index is 950. The van der Waals surface area contributed by atoms with Crippen molar-refractivity contribution in [2.24, 2.45) is 0 Å². The normalized spacial score (nSPS) is 11.7. The second-order valence-corrected chi connectivity index (χ2v) is 7.93. The van der Waals surface area contributed by atoms with Crippen molar-refractivity contribution in [1.82, 2.24) is 4.98 Å². The molecule has 0 aliphatic heterocycles. The Labute approximate surface area is 136 Å². The van der Waals surface area contributed by atoms with Gasteiger partial charge in [-0.2, -0.15) is 0 Å². The summed E-state index contributed by atoms with van der Waals surface area (Å²) in [6.45, 7) is 1.89. The van der Waals surface area contributed by atoms with E-state index in [-0.39, 0.29) is 4.90 Å². The maximum Gasteiger partial charge on any atom is 0.261 e. The summed E-state index contributed by atoms with van der Waals surface area (Å²) in [5, 5.41) is 0.738. The minimum atomic E-state index is -3.66. The van der Waals surface area contributed by atoms with Crippen molar-refractivity contribution < 1.29 is 8.42 Å². The van der Waals surface area contributed by atoms with Gasteiger partial charge in [-0.3, -0.25) is 4.72 Å². The Kier molecular flexibility index (Phi) is 3.72. The topological polar surface area (TPSA) is 85.1 Å². The van der Waals surface area contributed by atoms with Crippen molar-refractivity contribution in [2.75, 3.05) is 10.5 Å². The van der Waals surface area contributed by atoms with Crippen molar-refractivity contribution in [3.63, 3.8) is 0 Å². The molecule has 3 N–H and O–H groups in total. The van der Waals surface area contributed by atoms with Gasteiger partial charge in [-0.1, -0.05) is 40.6 Å². The third-order valence-corrected chi connectivity index (χ3v) is 5.57. The van der Waals surface area contributed by atoms with Gasteiger partial charge in [-0.25, -0.2) is 13.4 Å². The Balaban J connectivity index is 2.00. The maximum atomic E-state index is 12.4. The van der Waals surface area contributed by atoms with Crippen LogP contribution in [0.3, 0.4) is 0 Å². The zero-order chi connectivity index (χ0) is 15.9. The molecule has 1 aromatic heterocycles. The average molecular weight is 354 g/mol. The molecule has 0 aliphatic carbocycles. The first-order chi connectivity index (χ1) is 10.3. The lowest BCUT2D eigenvalue weighted by Gasteiger charge is -2.09. The number of hydrogen-bond acceptors (Lipinski definition) is 5. The predicted octanol–water partition coefficient (Wildman–Crippen LogP) is 3.64. The summed E-state index contributed by atoms with van der Waals surface area (Å²) in [7, 11) is -3.66. The third-order valence-electron chi connectivity index (χ3n) is 3.05. The van der Waals surface area contributed by atoms with Gasteiger partial charge in [-0.15, -0.1) is 0 Å². The smallest absolute Gasteiger partial charge is 0.261 e. The molecule has 5 nitrogen and oxygen atoms in total. The first-order valence-corrected chi connectivity index (χ1v) is 8.98. The van der Waals surface area contributed by atoms with Crippen LogP contribution in [0.15, 0.2) is 41.3 Å². The number of aromatic nitrogens is 1. The van der Waals surface area contributed by atoms with Crippen LogP contribution in [-0.2, 0) is 10.0 Å². The van der Waals surface area contributed by atoms with Gasteiger partial charge in [-0.05, 0) is 31.2 Å². The Morgan fingerprint density at radius 1 is 1.23 bits per heavy atom. The summed E-state index contributed by atoms with van der Waals surface area (Å²) in [6.07, 6.45) is 0. The van der Waals surface area contributed by atoms with Crippen LogP contribution in [0.2, 0.25) is 5.02 Å². The predicted molar refractivity (Wildman–Crippen MR) is 91.0 cm³/mol. The van der Waals surface area contributed by atoms with E-state index in [1.54, 1.807) is 30.3 Å². The number of nitrogens with one attached hydrogen (secondary N) is 1. The molecule has 3 rings (SSSR count). The number of halogens is 1. The lowest BCUT2D eigenvalue weighted by Crippen LogP contribution is -2.12. The van der Waals surface area contributed by atoms with Crippen molar-refractivity contribution >= 4 is 54.0 Å². The quantitative estimate of drug-likeness (QED) is 0.752. The zero-order valence-corrected chi connectivity index (χ0v) is 13.9. The number of aryl methyl sites for hydroxylation is 1. The first-order valence-electron chi connectivity index (χ1n) is 6.30. The van der Waals surface area contributed by atoms with E-state index in [4.69, 9.17) is 17.3 Å². The Morgan fingerprint density at radius 2 is 1.91 bits per heavy atom. The number of nitrogens with two attached hydrogens (primary N) is 1. The van der Waals surface area contributed by atoms with Crippen LogP contribution in [0, 0.1) is 6.92 Å². The SMILES string of the molecule is Cc1ccc(S(=O)(=O)Nc2cc(Cl)c3nc(N)sc3c2)cc1. The molecule has 0 aliphatic rings. The first kappa shape index (κ1) is 15.1. The number of sulfonamides is 1. The van der Waals surface area contributed by atoms with Crippen molar-refractivity contribution in [3.05, 3.63) is 47.0 Å². The maximum absolute atomic E-state index is 12.4. The molecule has 0 saturated carbocycles. The molecular formula is C14H12ClN3O2S2. The van der Waals surface area contributed by atoms with Gasteiger partial charge in [0.15, 0.2) is 5.13 Å². The van der Waals surface area contributed by atoms with E-state index in [0.717, 1.165) is 10.3 Å². The van der Waals surface area contributed by atoms with E-state index in [1.165, 1.54) is 17.4 Å². The molecule has 3 aromatic rings. The molecule has 0 saturated heterocycles. The van der Waals surface area contributed by atoms with E-state index in [0.29, 0.717) is 21.4 Å². The van der Waals surface area contributed by atoms with E-state index in [9.17, 15) is 8.42 Å². The van der Waals surface area contributed by atoms with Crippen LogP contribution in [0.4, 0.5) is 10.8 Å². The third kappa shape index (κ3) is 2.87. The highest BCUT2D eigenvalue weighted by Gasteiger charge is 2.16. The fraction of sp³-hybridized carbons (Fsp3) is 0.0714. The van der Waals surface area contributed by atoms with Gasteiger partial charge in [0.05, 0.1) is 20.3 Å². The summed E-state index contributed by atoms with van der Waals surface area (Å²) in [5.74, 6) is 0. The van der Waals surface area contributed by atoms with Crippen LogP contribution < -0.4 is 10.5 Å². The molecule has 0 spiro atoms. The molecule has 0 bridgehead atoms. The summed E-state index contributed by atoms with van der Waals surface area (Å²) in [5.41, 5.74) is 7.59. The molecule has 0 unspecified atom stereocenters. The number of fused-ring (bicyclic) bond motifs is 1. The highest BCUT2D eigenvalue weighted by molar-refractivity contribution is 7.92. The van der Waals surface area contributed by atoms with Crippen molar-refractivity contribution in [2.45, 2.75) is 11.8 Å². The standard InChI is InChI=1S/C14H12ClN3O2S2/c1-8-2-4-10(5-3-8)22(19,20)18-9-6-11(15)13-12(7-9)21-14(16)17-13/h2-7,18H,1H3,(H2,16,17). The number of benzene rings is 2. The molecule has 0 amide bonds. The Hall–Kier alpha value is -1.83. The van der Waals surface area contributed by atoms with E-state index in [1.807, 2.05) is 6.92 Å². The summed E-state index contributed by atoms with van der Waals surface area (Å²) >= 11 is 7.38. The van der Waals surface area contributed by atoms with Crippen molar-refractivity contribution in [1.29, 1.82) is 0 Å². The molecule has 0 radical (unpaired) electrons. The largest absolute Gasteiger partial charge is 0.375 e. The lowest BCUT2D eigenvalue weighted by molar-refractivity contribution is 0.601. The van der Waals surface area contributed by atoms with E-state index in [2.05, 4.69) is 9.71 Å². The Morgan fingerprint density at radius 3 is 2.59 bits per heavy atom. The molecule has 22 heavy (non-hydrogen) atoms. The van der Waals surface area contributed by atoms with Crippen LogP contribution in [0.1, 0.15) is 5.56 Å². The fourth-order valence-corrected chi connectivity index (χ4v) is 4.15. The van der Waals surface area contributed by atoms with Crippen LogP contribution in [0.5, 0.6) is 0 Å². The van der Waals surface area contributed by atoms with Crippen LogP contribution >= 0.6 is 22.9 Å². The number of nitrogens with zero attached hydrogens (tertiary/aromatic N) is 1. The van der Waals surface area contributed by atoms with Gasteiger partial charge in [0.2, 0.25) is 0 Å². The number of nitrogen functional groups attached to an aromatic ring is 1. The minimum absolute atomic E-state index is 0.193. The number of anilines is 2.